The predicted octanol–water partition coefficient (Wildman–Crippen LogP) is 3.28. The molecule has 0 atom stereocenters. The lowest BCUT2D eigenvalue weighted by molar-refractivity contribution is -0.113. The molecule has 0 saturated heterocycles. The number of nitrogens with one attached hydrogen (secondary N) is 1. The summed E-state index contributed by atoms with van der Waals surface area (Å²) in [5, 5.41) is 12.1. The standard InChI is InChI=1S/C19H21N5OS/c1-23(2)16-11-7-8-14(12-16)18-21-22-19(24(18)3)26-13-17(25)20-15-9-5-4-6-10-15/h4-12H,13H2,1-3H3,(H,20,25). The van der Waals surface area contributed by atoms with Crippen LogP contribution in [0.4, 0.5) is 11.4 Å². The van der Waals surface area contributed by atoms with Gasteiger partial charge in [0.2, 0.25) is 5.91 Å². The molecule has 134 valence electrons. The fraction of sp³-hybridized carbons (Fsp3) is 0.211. The molecule has 0 spiro atoms. The first-order chi connectivity index (χ1) is 12.5. The molecule has 0 aliphatic rings. The van der Waals surface area contributed by atoms with Crippen LogP contribution in [-0.4, -0.2) is 40.5 Å². The van der Waals surface area contributed by atoms with E-state index in [1.54, 1.807) is 0 Å². The van der Waals surface area contributed by atoms with Gasteiger partial charge in [-0.15, -0.1) is 10.2 Å². The van der Waals surface area contributed by atoms with E-state index in [-0.39, 0.29) is 11.7 Å². The molecule has 0 unspecified atom stereocenters. The van der Waals surface area contributed by atoms with Crippen LogP contribution >= 0.6 is 11.8 Å². The van der Waals surface area contributed by atoms with Crippen molar-refractivity contribution in [2.24, 2.45) is 7.05 Å². The second kappa shape index (κ2) is 8.05. The molecule has 0 aliphatic heterocycles. The van der Waals surface area contributed by atoms with Crippen LogP contribution in [0.2, 0.25) is 0 Å². The van der Waals surface area contributed by atoms with Gasteiger partial charge in [-0.2, -0.15) is 0 Å². The number of carbonyl (C=O) groups is 1. The van der Waals surface area contributed by atoms with Crippen molar-refractivity contribution in [3.63, 3.8) is 0 Å². The highest BCUT2D eigenvalue weighted by Crippen LogP contribution is 2.25. The van der Waals surface area contributed by atoms with E-state index >= 15 is 0 Å². The molecule has 1 aromatic heterocycles. The van der Waals surface area contributed by atoms with Gasteiger partial charge in [-0.3, -0.25) is 4.79 Å². The lowest BCUT2D eigenvalue weighted by Gasteiger charge is -2.13. The number of hydrogen-bond acceptors (Lipinski definition) is 5. The lowest BCUT2D eigenvalue weighted by atomic mass is 10.2. The van der Waals surface area contributed by atoms with Crippen molar-refractivity contribution in [1.82, 2.24) is 14.8 Å². The SMILES string of the molecule is CN(C)c1cccc(-c2nnc(SCC(=O)Nc3ccccc3)n2C)c1. The summed E-state index contributed by atoms with van der Waals surface area (Å²) in [5.74, 6) is 0.985. The Morgan fingerprint density at radius 2 is 1.88 bits per heavy atom. The second-order valence-electron chi connectivity index (χ2n) is 6.01. The Kier molecular flexibility index (Phi) is 5.58. The van der Waals surface area contributed by atoms with Gasteiger partial charge < -0.3 is 14.8 Å². The summed E-state index contributed by atoms with van der Waals surface area (Å²) >= 11 is 1.37. The van der Waals surface area contributed by atoms with Crippen molar-refractivity contribution >= 4 is 29.0 Å². The fourth-order valence-electron chi connectivity index (χ4n) is 2.46. The third-order valence-corrected chi connectivity index (χ3v) is 4.87. The minimum atomic E-state index is -0.0691. The van der Waals surface area contributed by atoms with Gasteiger partial charge in [0.05, 0.1) is 5.75 Å². The van der Waals surface area contributed by atoms with E-state index in [1.807, 2.05) is 79.1 Å². The average molecular weight is 367 g/mol. The van der Waals surface area contributed by atoms with Crippen LogP contribution in [0.25, 0.3) is 11.4 Å². The fourth-order valence-corrected chi connectivity index (χ4v) is 3.17. The first kappa shape index (κ1) is 18.0. The topological polar surface area (TPSA) is 63.1 Å². The molecule has 1 amide bonds. The van der Waals surface area contributed by atoms with E-state index in [9.17, 15) is 4.79 Å². The highest BCUT2D eigenvalue weighted by atomic mass is 32.2. The molecular formula is C19H21N5OS. The zero-order valence-electron chi connectivity index (χ0n) is 15.0. The van der Waals surface area contributed by atoms with Gasteiger partial charge in [0.25, 0.3) is 0 Å². The van der Waals surface area contributed by atoms with Crippen molar-refractivity contribution in [1.29, 1.82) is 0 Å². The molecule has 0 aliphatic carbocycles. The number of para-hydroxylation sites is 1. The van der Waals surface area contributed by atoms with Crippen LogP contribution in [0.15, 0.2) is 59.8 Å². The molecule has 0 bridgehead atoms. The van der Waals surface area contributed by atoms with Crippen molar-refractivity contribution in [2.75, 3.05) is 30.1 Å². The molecular weight excluding hydrogens is 346 g/mol. The number of hydrogen-bond donors (Lipinski definition) is 1. The largest absolute Gasteiger partial charge is 0.378 e. The molecule has 0 radical (unpaired) electrons. The Hall–Kier alpha value is -2.80. The highest BCUT2D eigenvalue weighted by Gasteiger charge is 2.13. The Morgan fingerprint density at radius 3 is 2.62 bits per heavy atom. The summed E-state index contributed by atoms with van der Waals surface area (Å²) in [6.45, 7) is 0. The molecule has 2 aromatic carbocycles. The van der Waals surface area contributed by atoms with E-state index in [4.69, 9.17) is 0 Å². The van der Waals surface area contributed by atoms with Gasteiger partial charge in [-0.05, 0) is 24.3 Å². The van der Waals surface area contributed by atoms with Crippen LogP contribution in [0.1, 0.15) is 0 Å². The Bertz CT molecular complexity index is 892. The summed E-state index contributed by atoms with van der Waals surface area (Å²) in [6.07, 6.45) is 0. The first-order valence-electron chi connectivity index (χ1n) is 8.19. The predicted molar refractivity (Wildman–Crippen MR) is 107 cm³/mol. The smallest absolute Gasteiger partial charge is 0.234 e. The molecule has 7 heteroatoms. The first-order valence-corrected chi connectivity index (χ1v) is 9.18. The highest BCUT2D eigenvalue weighted by molar-refractivity contribution is 7.99. The van der Waals surface area contributed by atoms with Gasteiger partial charge in [-0.1, -0.05) is 42.1 Å². The molecule has 6 nitrogen and oxygen atoms in total. The number of amides is 1. The summed E-state index contributed by atoms with van der Waals surface area (Å²) in [7, 11) is 5.92. The summed E-state index contributed by atoms with van der Waals surface area (Å²) in [4.78, 5) is 14.1. The maximum Gasteiger partial charge on any atom is 0.234 e. The number of nitrogens with zero attached hydrogens (tertiary/aromatic N) is 4. The van der Waals surface area contributed by atoms with Gasteiger partial charge in [0.1, 0.15) is 0 Å². The number of carbonyl (C=O) groups excluding carboxylic acids is 1. The quantitative estimate of drug-likeness (QED) is 0.678. The van der Waals surface area contributed by atoms with E-state index in [0.717, 1.165) is 22.8 Å². The molecule has 1 heterocycles. The summed E-state index contributed by atoms with van der Waals surface area (Å²) in [6, 6.07) is 17.5. The molecule has 0 saturated carbocycles. The van der Waals surface area contributed by atoms with Crippen LogP contribution < -0.4 is 10.2 Å². The van der Waals surface area contributed by atoms with Crippen LogP contribution in [0.5, 0.6) is 0 Å². The number of benzene rings is 2. The maximum absolute atomic E-state index is 12.1. The number of anilines is 2. The van der Waals surface area contributed by atoms with E-state index in [1.165, 1.54) is 11.8 Å². The normalized spacial score (nSPS) is 10.6. The molecule has 3 rings (SSSR count). The minimum absolute atomic E-state index is 0.0691. The zero-order chi connectivity index (χ0) is 18.5. The number of rotatable bonds is 6. The third-order valence-electron chi connectivity index (χ3n) is 3.85. The van der Waals surface area contributed by atoms with Gasteiger partial charge in [0, 0.05) is 38.1 Å². The van der Waals surface area contributed by atoms with Gasteiger partial charge in [0.15, 0.2) is 11.0 Å². The van der Waals surface area contributed by atoms with Crippen molar-refractivity contribution in [3.8, 4) is 11.4 Å². The second-order valence-corrected chi connectivity index (χ2v) is 6.96. The Labute approximate surface area is 157 Å². The van der Waals surface area contributed by atoms with Gasteiger partial charge >= 0.3 is 0 Å². The Balaban J connectivity index is 1.67. The maximum atomic E-state index is 12.1. The zero-order valence-corrected chi connectivity index (χ0v) is 15.8. The van der Waals surface area contributed by atoms with E-state index < -0.39 is 0 Å². The van der Waals surface area contributed by atoms with Gasteiger partial charge in [-0.25, -0.2) is 0 Å². The van der Waals surface area contributed by atoms with E-state index in [0.29, 0.717) is 5.16 Å². The van der Waals surface area contributed by atoms with Crippen molar-refractivity contribution in [2.45, 2.75) is 5.16 Å². The molecule has 0 fully saturated rings. The van der Waals surface area contributed by atoms with Crippen LogP contribution in [-0.2, 0) is 11.8 Å². The molecule has 1 N–H and O–H groups in total. The van der Waals surface area contributed by atoms with Crippen LogP contribution in [0.3, 0.4) is 0 Å². The third kappa shape index (κ3) is 4.23. The monoisotopic (exact) mass is 367 g/mol. The van der Waals surface area contributed by atoms with E-state index in [2.05, 4.69) is 21.6 Å². The van der Waals surface area contributed by atoms with Crippen LogP contribution in [0, 0.1) is 0 Å². The summed E-state index contributed by atoms with van der Waals surface area (Å²) < 4.78 is 1.91. The number of aromatic nitrogens is 3. The molecule has 26 heavy (non-hydrogen) atoms. The number of thioether (sulfide) groups is 1. The van der Waals surface area contributed by atoms with Crippen molar-refractivity contribution in [3.05, 3.63) is 54.6 Å². The lowest BCUT2D eigenvalue weighted by Crippen LogP contribution is -2.14. The van der Waals surface area contributed by atoms with Crippen molar-refractivity contribution < 1.29 is 4.79 Å². The minimum Gasteiger partial charge on any atom is -0.378 e. The summed E-state index contributed by atoms with van der Waals surface area (Å²) in [5.41, 5.74) is 2.88. The average Bonchev–Trinajstić information content (AvgIpc) is 3.01. The molecule has 3 aromatic rings. The Morgan fingerprint density at radius 1 is 1.12 bits per heavy atom.